The van der Waals surface area contributed by atoms with E-state index in [1.807, 2.05) is 42.5 Å². The van der Waals surface area contributed by atoms with Gasteiger partial charge in [0.2, 0.25) is 0 Å². The van der Waals surface area contributed by atoms with E-state index in [0.29, 0.717) is 5.56 Å². The molecule has 1 aliphatic rings. The third-order valence-corrected chi connectivity index (χ3v) is 4.74. The van der Waals surface area contributed by atoms with Crippen LogP contribution < -0.4 is 10.2 Å². The van der Waals surface area contributed by atoms with Crippen LogP contribution in [0.2, 0.25) is 0 Å². The van der Waals surface area contributed by atoms with Crippen LogP contribution >= 0.6 is 0 Å². The quantitative estimate of drug-likeness (QED) is 0.870. The lowest BCUT2D eigenvalue weighted by atomic mass is 10.1. The van der Waals surface area contributed by atoms with E-state index >= 15 is 0 Å². The second kappa shape index (κ2) is 8.17. The number of rotatable bonds is 5. The maximum atomic E-state index is 12.5. The Bertz CT molecular complexity index is 704. The summed E-state index contributed by atoms with van der Waals surface area (Å²) in [5.41, 5.74) is 3.83. The van der Waals surface area contributed by atoms with E-state index < -0.39 is 0 Å². The van der Waals surface area contributed by atoms with Gasteiger partial charge in [-0.2, -0.15) is 0 Å². The van der Waals surface area contributed by atoms with Gasteiger partial charge in [-0.3, -0.25) is 4.79 Å². The Balaban J connectivity index is 1.67. The SMILES string of the molecule is CCCc1ccccc1NC(=O)c1ccc(N2CCC(O)CC2)cc1. The fourth-order valence-electron chi connectivity index (χ4n) is 3.27. The number of nitrogens with one attached hydrogen (secondary N) is 1. The summed E-state index contributed by atoms with van der Waals surface area (Å²) in [5.74, 6) is -0.0795. The summed E-state index contributed by atoms with van der Waals surface area (Å²) in [5, 5.41) is 12.6. The van der Waals surface area contributed by atoms with Gasteiger partial charge in [0.15, 0.2) is 0 Å². The largest absolute Gasteiger partial charge is 0.393 e. The molecule has 4 heteroatoms. The van der Waals surface area contributed by atoms with Gasteiger partial charge in [-0.15, -0.1) is 0 Å². The van der Waals surface area contributed by atoms with Gasteiger partial charge in [0.05, 0.1) is 6.10 Å². The maximum absolute atomic E-state index is 12.5. The molecule has 0 aromatic heterocycles. The normalized spacial score (nSPS) is 15.2. The Hall–Kier alpha value is -2.33. The first-order valence-corrected chi connectivity index (χ1v) is 9.09. The number of aliphatic hydroxyl groups excluding tert-OH is 1. The lowest BCUT2D eigenvalue weighted by Gasteiger charge is -2.31. The molecule has 0 bridgehead atoms. The average molecular weight is 338 g/mol. The van der Waals surface area contributed by atoms with Crippen LogP contribution in [-0.4, -0.2) is 30.2 Å². The number of benzene rings is 2. The molecule has 1 heterocycles. The van der Waals surface area contributed by atoms with E-state index in [0.717, 1.165) is 50.1 Å². The predicted molar refractivity (Wildman–Crippen MR) is 102 cm³/mol. The molecular formula is C21H26N2O2. The van der Waals surface area contributed by atoms with Crippen molar-refractivity contribution in [3.8, 4) is 0 Å². The van der Waals surface area contributed by atoms with E-state index in [1.54, 1.807) is 0 Å². The van der Waals surface area contributed by atoms with Crippen LogP contribution in [0.25, 0.3) is 0 Å². The van der Waals surface area contributed by atoms with Gasteiger partial charge in [-0.05, 0) is 55.2 Å². The summed E-state index contributed by atoms with van der Waals surface area (Å²) in [6.45, 7) is 3.85. The van der Waals surface area contributed by atoms with Gasteiger partial charge in [0.25, 0.3) is 5.91 Å². The number of hydrogen-bond acceptors (Lipinski definition) is 3. The van der Waals surface area contributed by atoms with Gasteiger partial charge in [0, 0.05) is 30.0 Å². The van der Waals surface area contributed by atoms with Crippen LogP contribution in [0, 0.1) is 0 Å². The van der Waals surface area contributed by atoms with Gasteiger partial charge in [-0.25, -0.2) is 0 Å². The van der Waals surface area contributed by atoms with Crippen molar-refractivity contribution in [2.75, 3.05) is 23.3 Å². The van der Waals surface area contributed by atoms with Crippen molar-refractivity contribution in [2.45, 2.75) is 38.7 Å². The van der Waals surface area contributed by atoms with Crippen LogP contribution in [0.1, 0.15) is 42.1 Å². The third-order valence-electron chi connectivity index (χ3n) is 4.74. The number of aliphatic hydroxyl groups is 1. The second-order valence-electron chi connectivity index (χ2n) is 6.63. The fraction of sp³-hybridized carbons (Fsp3) is 0.381. The fourth-order valence-corrected chi connectivity index (χ4v) is 3.27. The third kappa shape index (κ3) is 4.40. The first-order valence-electron chi connectivity index (χ1n) is 9.09. The van der Waals surface area contributed by atoms with Crippen LogP contribution in [0.3, 0.4) is 0 Å². The molecule has 4 nitrogen and oxygen atoms in total. The Morgan fingerprint density at radius 2 is 1.80 bits per heavy atom. The molecule has 0 saturated carbocycles. The molecule has 3 rings (SSSR count). The topological polar surface area (TPSA) is 52.6 Å². The van der Waals surface area contributed by atoms with Crippen molar-refractivity contribution in [3.63, 3.8) is 0 Å². The summed E-state index contributed by atoms with van der Waals surface area (Å²) in [7, 11) is 0. The van der Waals surface area contributed by atoms with Gasteiger partial charge < -0.3 is 15.3 Å². The number of nitrogens with zero attached hydrogens (tertiary/aromatic N) is 1. The molecule has 1 saturated heterocycles. The Morgan fingerprint density at radius 1 is 1.12 bits per heavy atom. The Kier molecular flexibility index (Phi) is 5.71. The lowest BCUT2D eigenvalue weighted by Crippen LogP contribution is -2.35. The van der Waals surface area contributed by atoms with E-state index in [1.165, 1.54) is 5.56 Å². The molecule has 0 aliphatic carbocycles. The number of carbonyl (C=O) groups is 1. The molecular weight excluding hydrogens is 312 g/mol. The highest BCUT2D eigenvalue weighted by Crippen LogP contribution is 2.22. The number of hydrogen-bond donors (Lipinski definition) is 2. The zero-order valence-electron chi connectivity index (χ0n) is 14.7. The minimum Gasteiger partial charge on any atom is -0.393 e. The minimum absolute atomic E-state index is 0.0795. The molecule has 2 aromatic rings. The van der Waals surface area contributed by atoms with Gasteiger partial charge in [0.1, 0.15) is 0 Å². The smallest absolute Gasteiger partial charge is 0.255 e. The molecule has 0 atom stereocenters. The Labute approximate surface area is 149 Å². The summed E-state index contributed by atoms with van der Waals surface area (Å²) < 4.78 is 0. The summed E-state index contributed by atoms with van der Waals surface area (Å²) in [6, 6.07) is 15.7. The highest BCUT2D eigenvalue weighted by Gasteiger charge is 2.17. The molecule has 1 fully saturated rings. The van der Waals surface area contributed by atoms with Gasteiger partial charge >= 0.3 is 0 Å². The van der Waals surface area contributed by atoms with Crippen LogP contribution in [0.4, 0.5) is 11.4 Å². The number of piperidine rings is 1. The van der Waals surface area contributed by atoms with E-state index in [9.17, 15) is 9.90 Å². The van der Waals surface area contributed by atoms with E-state index in [2.05, 4.69) is 23.2 Å². The predicted octanol–water partition coefficient (Wildman–Crippen LogP) is 3.85. The number of aryl methyl sites for hydroxylation is 1. The highest BCUT2D eigenvalue weighted by molar-refractivity contribution is 6.04. The lowest BCUT2D eigenvalue weighted by molar-refractivity contribution is 0.102. The summed E-state index contributed by atoms with van der Waals surface area (Å²) in [6.07, 6.45) is 3.43. The zero-order chi connectivity index (χ0) is 17.6. The number of amides is 1. The first-order chi connectivity index (χ1) is 12.2. The minimum atomic E-state index is -0.176. The monoisotopic (exact) mass is 338 g/mol. The van der Waals surface area contributed by atoms with Crippen molar-refractivity contribution in [1.82, 2.24) is 0 Å². The van der Waals surface area contributed by atoms with Crippen LogP contribution in [0.5, 0.6) is 0 Å². The maximum Gasteiger partial charge on any atom is 0.255 e. The number of para-hydroxylation sites is 1. The zero-order valence-corrected chi connectivity index (χ0v) is 14.7. The summed E-state index contributed by atoms with van der Waals surface area (Å²) in [4.78, 5) is 14.8. The molecule has 0 unspecified atom stereocenters. The molecule has 25 heavy (non-hydrogen) atoms. The molecule has 0 radical (unpaired) electrons. The molecule has 2 N–H and O–H groups in total. The molecule has 0 spiro atoms. The summed E-state index contributed by atoms with van der Waals surface area (Å²) >= 11 is 0. The standard InChI is InChI=1S/C21H26N2O2/c1-2-5-16-6-3-4-7-20(16)22-21(25)17-8-10-18(11-9-17)23-14-12-19(24)13-15-23/h3-4,6-11,19,24H,2,5,12-15H2,1H3,(H,22,25). The van der Waals surface area contributed by atoms with Crippen molar-refractivity contribution in [3.05, 3.63) is 59.7 Å². The second-order valence-corrected chi connectivity index (χ2v) is 6.63. The molecule has 1 amide bonds. The average Bonchev–Trinajstić information content (AvgIpc) is 2.64. The molecule has 132 valence electrons. The van der Waals surface area contributed by atoms with Crippen molar-refractivity contribution < 1.29 is 9.90 Å². The van der Waals surface area contributed by atoms with Crippen LogP contribution in [-0.2, 0) is 6.42 Å². The van der Waals surface area contributed by atoms with E-state index in [4.69, 9.17) is 0 Å². The van der Waals surface area contributed by atoms with Crippen molar-refractivity contribution >= 4 is 17.3 Å². The van der Waals surface area contributed by atoms with Crippen LogP contribution in [0.15, 0.2) is 48.5 Å². The van der Waals surface area contributed by atoms with E-state index in [-0.39, 0.29) is 12.0 Å². The number of anilines is 2. The first kappa shape index (κ1) is 17.5. The number of carbonyl (C=O) groups excluding carboxylic acids is 1. The molecule has 2 aromatic carbocycles. The Morgan fingerprint density at radius 3 is 2.48 bits per heavy atom. The highest BCUT2D eigenvalue weighted by atomic mass is 16.3. The van der Waals surface area contributed by atoms with Crippen molar-refractivity contribution in [1.29, 1.82) is 0 Å². The van der Waals surface area contributed by atoms with Crippen molar-refractivity contribution in [2.24, 2.45) is 0 Å². The molecule has 1 aliphatic heterocycles. The van der Waals surface area contributed by atoms with Gasteiger partial charge in [-0.1, -0.05) is 31.5 Å².